The van der Waals surface area contributed by atoms with Gasteiger partial charge in [-0.25, -0.2) is 14.4 Å². The van der Waals surface area contributed by atoms with Crippen LogP contribution in [0, 0.1) is 5.82 Å². The Morgan fingerprint density at radius 3 is 2.81 bits per heavy atom. The van der Waals surface area contributed by atoms with Crippen molar-refractivity contribution < 1.29 is 4.39 Å². The van der Waals surface area contributed by atoms with E-state index in [-0.39, 0.29) is 11.6 Å². The van der Waals surface area contributed by atoms with Gasteiger partial charge in [0.2, 0.25) is 0 Å². The monoisotopic (exact) mass is 299 g/mol. The Hall–Kier alpha value is -1.14. The van der Waals surface area contributed by atoms with Gasteiger partial charge in [-0.1, -0.05) is 23.9 Å². The molecule has 1 aromatic carbocycles. The second kappa shape index (κ2) is 4.80. The van der Waals surface area contributed by atoms with E-state index in [4.69, 9.17) is 5.73 Å². The fourth-order valence-electron chi connectivity index (χ4n) is 1.07. The SMILES string of the molecule is Nc1ncc(Br)nc1Sc1ccccc1F. The summed E-state index contributed by atoms with van der Waals surface area (Å²) in [7, 11) is 0. The molecule has 0 saturated carbocycles. The van der Waals surface area contributed by atoms with Crippen LogP contribution in [0.4, 0.5) is 10.2 Å². The van der Waals surface area contributed by atoms with Gasteiger partial charge in [-0.2, -0.15) is 0 Å². The molecule has 6 heteroatoms. The zero-order valence-electron chi connectivity index (χ0n) is 8.02. The molecule has 16 heavy (non-hydrogen) atoms. The zero-order valence-corrected chi connectivity index (χ0v) is 10.4. The summed E-state index contributed by atoms with van der Waals surface area (Å²) < 4.78 is 14.0. The van der Waals surface area contributed by atoms with Crippen LogP contribution in [0.3, 0.4) is 0 Å². The van der Waals surface area contributed by atoms with Gasteiger partial charge in [0, 0.05) is 4.90 Å². The Morgan fingerprint density at radius 2 is 2.06 bits per heavy atom. The molecule has 3 nitrogen and oxygen atoms in total. The molecule has 0 spiro atoms. The first-order valence-corrected chi connectivity index (χ1v) is 5.98. The highest BCUT2D eigenvalue weighted by Crippen LogP contribution is 2.31. The van der Waals surface area contributed by atoms with Crippen molar-refractivity contribution in [2.45, 2.75) is 9.92 Å². The number of nitrogens with two attached hydrogens (primary N) is 1. The lowest BCUT2D eigenvalue weighted by atomic mass is 10.3. The Bertz CT molecular complexity index is 521. The lowest BCUT2D eigenvalue weighted by molar-refractivity contribution is 0.602. The van der Waals surface area contributed by atoms with Crippen LogP contribution in [0.2, 0.25) is 0 Å². The fraction of sp³-hybridized carbons (Fsp3) is 0. The number of anilines is 1. The standard InChI is InChI=1S/C10H7BrFN3S/c11-8-5-14-9(13)10(15-8)16-7-4-2-1-3-6(7)12/h1-5H,(H2,13,14). The second-order valence-electron chi connectivity index (χ2n) is 2.92. The molecule has 1 aromatic heterocycles. The summed E-state index contributed by atoms with van der Waals surface area (Å²) in [4.78, 5) is 8.54. The molecule has 0 aliphatic carbocycles. The maximum absolute atomic E-state index is 13.4. The van der Waals surface area contributed by atoms with Crippen molar-refractivity contribution in [3.8, 4) is 0 Å². The van der Waals surface area contributed by atoms with Gasteiger partial charge in [0.1, 0.15) is 15.4 Å². The number of nitrogen functional groups attached to an aromatic ring is 1. The minimum Gasteiger partial charge on any atom is -0.381 e. The number of benzene rings is 1. The van der Waals surface area contributed by atoms with Crippen LogP contribution in [0.5, 0.6) is 0 Å². The molecule has 0 radical (unpaired) electrons. The Kier molecular flexibility index (Phi) is 3.40. The van der Waals surface area contributed by atoms with Gasteiger partial charge in [-0.15, -0.1) is 0 Å². The van der Waals surface area contributed by atoms with Crippen molar-refractivity contribution in [3.63, 3.8) is 0 Å². The quantitative estimate of drug-likeness (QED) is 0.926. The van der Waals surface area contributed by atoms with E-state index in [1.807, 2.05) is 0 Å². The van der Waals surface area contributed by atoms with Crippen LogP contribution in [-0.2, 0) is 0 Å². The molecule has 0 aliphatic rings. The Labute approximate surface area is 104 Å². The molecule has 0 saturated heterocycles. The molecule has 0 bridgehead atoms. The molecule has 2 aromatic rings. The Balaban J connectivity index is 2.34. The summed E-state index contributed by atoms with van der Waals surface area (Å²) >= 11 is 4.34. The highest BCUT2D eigenvalue weighted by atomic mass is 79.9. The molecule has 2 N–H and O–H groups in total. The van der Waals surface area contributed by atoms with Crippen LogP contribution in [0.15, 0.2) is 45.0 Å². The van der Waals surface area contributed by atoms with Crippen LogP contribution in [-0.4, -0.2) is 9.97 Å². The van der Waals surface area contributed by atoms with Crippen LogP contribution < -0.4 is 5.73 Å². The van der Waals surface area contributed by atoms with E-state index in [0.717, 1.165) is 11.8 Å². The molecule has 0 aliphatic heterocycles. The Morgan fingerprint density at radius 1 is 1.31 bits per heavy atom. The van der Waals surface area contributed by atoms with Crippen molar-refractivity contribution in [3.05, 3.63) is 40.9 Å². The predicted molar refractivity (Wildman–Crippen MR) is 64.7 cm³/mol. The molecular weight excluding hydrogens is 293 g/mol. The molecule has 0 fully saturated rings. The van der Waals surface area contributed by atoms with E-state index < -0.39 is 0 Å². The van der Waals surface area contributed by atoms with E-state index in [9.17, 15) is 4.39 Å². The normalized spacial score (nSPS) is 10.4. The number of halogens is 2. The smallest absolute Gasteiger partial charge is 0.156 e. The largest absolute Gasteiger partial charge is 0.381 e. The first-order valence-electron chi connectivity index (χ1n) is 4.37. The number of aromatic nitrogens is 2. The zero-order chi connectivity index (χ0) is 11.5. The van der Waals surface area contributed by atoms with Gasteiger partial charge in [-0.05, 0) is 28.1 Å². The van der Waals surface area contributed by atoms with Crippen LogP contribution in [0.1, 0.15) is 0 Å². The van der Waals surface area contributed by atoms with E-state index >= 15 is 0 Å². The molecule has 2 rings (SSSR count). The topological polar surface area (TPSA) is 51.8 Å². The molecule has 0 unspecified atom stereocenters. The summed E-state index contributed by atoms with van der Waals surface area (Å²) in [5.41, 5.74) is 5.65. The predicted octanol–water partition coefficient (Wildman–Crippen LogP) is 3.11. The number of rotatable bonds is 2. The van der Waals surface area contributed by atoms with E-state index in [1.165, 1.54) is 12.3 Å². The fourth-order valence-corrected chi connectivity index (χ4v) is 2.29. The van der Waals surface area contributed by atoms with Crippen molar-refractivity contribution in [1.82, 2.24) is 9.97 Å². The highest BCUT2D eigenvalue weighted by Gasteiger charge is 2.08. The third-order valence-electron chi connectivity index (χ3n) is 1.78. The van der Waals surface area contributed by atoms with Gasteiger partial charge in [-0.3, -0.25) is 0 Å². The van der Waals surface area contributed by atoms with Crippen LogP contribution in [0.25, 0.3) is 0 Å². The van der Waals surface area contributed by atoms with Crippen LogP contribution >= 0.6 is 27.7 Å². The number of hydrogen-bond donors (Lipinski definition) is 1. The average molecular weight is 300 g/mol. The summed E-state index contributed by atoms with van der Waals surface area (Å²) in [5.74, 6) is -0.00914. The molecular formula is C10H7BrFN3S. The number of hydrogen-bond acceptors (Lipinski definition) is 4. The van der Waals surface area contributed by atoms with Gasteiger partial charge in [0.25, 0.3) is 0 Å². The van der Waals surface area contributed by atoms with Crippen molar-refractivity contribution in [2.75, 3.05) is 5.73 Å². The minimum absolute atomic E-state index is 0.288. The summed E-state index contributed by atoms with van der Waals surface area (Å²) in [6.45, 7) is 0. The lowest BCUT2D eigenvalue weighted by Gasteiger charge is -2.04. The molecule has 1 heterocycles. The third kappa shape index (κ3) is 2.51. The third-order valence-corrected chi connectivity index (χ3v) is 3.21. The first-order chi connectivity index (χ1) is 7.66. The highest BCUT2D eigenvalue weighted by molar-refractivity contribution is 9.10. The number of nitrogens with zero attached hydrogens (tertiary/aromatic N) is 2. The molecule has 0 atom stereocenters. The van der Waals surface area contributed by atoms with Crippen molar-refractivity contribution >= 4 is 33.5 Å². The second-order valence-corrected chi connectivity index (χ2v) is 4.76. The van der Waals surface area contributed by atoms with E-state index in [0.29, 0.717) is 14.5 Å². The lowest BCUT2D eigenvalue weighted by Crippen LogP contribution is -1.96. The minimum atomic E-state index is -0.298. The first kappa shape index (κ1) is 11.3. The molecule has 82 valence electrons. The van der Waals surface area contributed by atoms with E-state index in [2.05, 4.69) is 25.9 Å². The molecule has 0 amide bonds. The van der Waals surface area contributed by atoms with E-state index in [1.54, 1.807) is 18.2 Å². The van der Waals surface area contributed by atoms with Gasteiger partial charge < -0.3 is 5.73 Å². The van der Waals surface area contributed by atoms with Gasteiger partial charge in [0.05, 0.1) is 6.20 Å². The summed E-state index contributed by atoms with van der Waals surface area (Å²) in [6.07, 6.45) is 1.50. The van der Waals surface area contributed by atoms with Crippen molar-refractivity contribution in [1.29, 1.82) is 0 Å². The maximum atomic E-state index is 13.4. The maximum Gasteiger partial charge on any atom is 0.156 e. The van der Waals surface area contributed by atoms with Gasteiger partial charge in [0.15, 0.2) is 5.82 Å². The summed E-state index contributed by atoms with van der Waals surface area (Å²) in [6, 6.07) is 6.45. The average Bonchev–Trinajstić information content (AvgIpc) is 2.27. The summed E-state index contributed by atoms with van der Waals surface area (Å²) in [5, 5.41) is 0.486. The van der Waals surface area contributed by atoms with Gasteiger partial charge >= 0.3 is 0 Å². The van der Waals surface area contributed by atoms with Crippen molar-refractivity contribution in [2.24, 2.45) is 0 Å².